The Morgan fingerprint density at radius 2 is 2.42 bits per heavy atom. The zero-order valence-corrected chi connectivity index (χ0v) is 12.4. The van der Waals surface area contributed by atoms with Crippen LogP contribution in [0.25, 0.3) is 0 Å². The first-order valence-corrected chi connectivity index (χ1v) is 7.13. The van der Waals surface area contributed by atoms with E-state index in [1.807, 2.05) is 17.9 Å². The molecule has 108 valence electrons. The minimum atomic E-state index is 0.633. The van der Waals surface area contributed by atoms with Crippen molar-refractivity contribution in [3.8, 4) is 0 Å². The number of rotatable bonds is 7. The van der Waals surface area contributed by atoms with Crippen LogP contribution in [0, 0.1) is 6.92 Å². The average Bonchev–Trinajstić information content (AvgIpc) is 3.01. The van der Waals surface area contributed by atoms with Crippen LogP contribution in [0.5, 0.6) is 0 Å². The van der Waals surface area contributed by atoms with Gasteiger partial charge >= 0.3 is 0 Å². The molecule has 5 heteroatoms. The molecule has 1 atom stereocenters. The molecule has 0 radical (unpaired) electrons. The molecule has 0 aromatic carbocycles. The summed E-state index contributed by atoms with van der Waals surface area (Å²) in [6, 6.07) is 0.633. The third-order valence-corrected chi connectivity index (χ3v) is 3.98. The highest BCUT2D eigenvalue weighted by Crippen LogP contribution is 2.12. The van der Waals surface area contributed by atoms with E-state index < -0.39 is 0 Å². The molecule has 1 fully saturated rings. The maximum Gasteiger partial charge on any atom is 0.0589 e. The van der Waals surface area contributed by atoms with E-state index >= 15 is 0 Å². The second-order valence-corrected chi connectivity index (χ2v) is 5.40. The first-order valence-electron chi connectivity index (χ1n) is 7.13. The van der Waals surface area contributed by atoms with Crippen LogP contribution in [0.3, 0.4) is 0 Å². The van der Waals surface area contributed by atoms with Crippen molar-refractivity contribution in [2.75, 3.05) is 33.4 Å². The third kappa shape index (κ3) is 4.03. The van der Waals surface area contributed by atoms with Gasteiger partial charge in [-0.05, 0) is 26.3 Å². The van der Waals surface area contributed by atoms with Gasteiger partial charge in [-0.15, -0.1) is 0 Å². The molecule has 1 unspecified atom stereocenters. The minimum absolute atomic E-state index is 0.633. The summed E-state index contributed by atoms with van der Waals surface area (Å²) in [6.07, 6.45) is 4.57. The van der Waals surface area contributed by atoms with Gasteiger partial charge in [0.05, 0.1) is 12.8 Å². The zero-order chi connectivity index (χ0) is 13.7. The SMILES string of the molecule is COCCN(Cc1cnn(C)c1C)CC1CCCN1. The number of hydrogen-bond acceptors (Lipinski definition) is 4. The Morgan fingerprint density at radius 3 is 3.00 bits per heavy atom. The monoisotopic (exact) mass is 266 g/mol. The van der Waals surface area contributed by atoms with Crippen LogP contribution >= 0.6 is 0 Å². The molecule has 19 heavy (non-hydrogen) atoms. The summed E-state index contributed by atoms with van der Waals surface area (Å²) in [6.45, 7) is 7.10. The fourth-order valence-corrected chi connectivity index (χ4v) is 2.62. The number of ether oxygens (including phenoxy) is 1. The minimum Gasteiger partial charge on any atom is -0.383 e. The highest BCUT2D eigenvalue weighted by molar-refractivity contribution is 5.15. The smallest absolute Gasteiger partial charge is 0.0589 e. The first kappa shape index (κ1) is 14.5. The van der Waals surface area contributed by atoms with Crippen LogP contribution < -0.4 is 5.32 Å². The Kier molecular flexibility index (Phi) is 5.36. The van der Waals surface area contributed by atoms with E-state index in [-0.39, 0.29) is 0 Å². The Bertz CT molecular complexity index is 385. The Balaban J connectivity index is 1.94. The summed E-state index contributed by atoms with van der Waals surface area (Å²) in [5.41, 5.74) is 2.57. The van der Waals surface area contributed by atoms with Crippen LogP contribution in [0.4, 0.5) is 0 Å². The number of nitrogens with zero attached hydrogens (tertiary/aromatic N) is 3. The van der Waals surface area contributed by atoms with Gasteiger partial charge in [0.1, 0.15) is 0 Å². The summed E-state index contributed by atoms with van der Waals surface area (Å²) in [5.74, 6) is 0. The van der Waals surface area contributed by atoms with Gasteiger partial charge in [0.25, 0.3) is 0 Å². The van der Waals surface area contributed by atoms with Gasteiger partial charge < -0.3 is 10.1 Å². The van der Waals surface area contributed by atoms with Crippen LogP contribution in [0.15, 0.2) is 6.20 Å². The molecule has 1 aromatic heterocycles. The van der Waals surface area contributed by atoms with Gasteiger partial charge in [-0.25, -0.2) is 0 Å². The van der Waals surface area contributed by atoms with Gasteiger partial charge in [-0.2, -0.15) is 5.10 Å². The molecule has 0 aliphatic carbocycles. The molecule has 5 nitrogen and oxygen atoms in total. The molecular formula is C14H26N4O. The predicted molar refractivity (Wildman–Crippen MR) is 76.1 cm³/mol. The molecule has 1 aromatic rings. The van der Waals surface area contributed by atoms with Gasteiger partial charge in [-0.3, -0.25) is 9.58 Å². The molecule has 1 saturated heterocycles. The molecule has 0 amide bonds. The predicted octanol–water partition coefficient (Wildman–Crippen LogP) is 0.929. The molecule has 1 N–H and O–H groups in total. The van der Waals surface area contributed by atoms with E-state index in [1.165, 1.54) is 24.1 Å². The van der Waals surface area contributed by atoms with Crippen molar-refractivity contribution in [3.63, 3.8) is 0 Å². The lowest BCUT2D eigenvalue weighted by Crippen LogP contribution is -2.38. The molecule has 2 rings (SSSR count). The van der Waals surface area contributed by atoms with Crippen molar-refractivity contribution in [2.24, 2.45) is 7.05 Å². The van der Waals surface area contributed by atoms with Crippen molar-refractivity contribution in [3.05, 3.63) is 17.5 Å². The van der Waals surface area contributed by atoms with Crippen molar-refractivity contribution in [2.45, 2.75) is 32.4 Å². The van der Waals surface area contributed by atoms with Crippen molar-refractivity contribution in [1.29, 1.82) is 0 Å². The second kappa shape index (κ2) is 7.03. The molecule has 0 bridgehead atoms. The largest absolute Gasteiger partial charge is 0.383 e. The summed E-state index contributed by atoms with van der Waals surface area (Å²) in [4.78, 5) is 2.47. The van der Waals surface area contributed by atoms with E-state index in [1.54, 1.807) is 7.11 Å². The average molecular weight is 266 g/mol. The van der Waals surface area contributed by atoms with E-state index in [4.69, 9.17) is 4.74 Å². The lowest BCUT2D eigenvalue weighted by molar-refractivity contribution is 0.138. The van der Waals surface area contributed by atoms with Crippen LogP contribution in [-0.4, -0.2) is 54.1 Å². The molecule has 2 heterocycles. The van der Waals surface area contributed by atoms with E-state index in [0.717, 1.165) is 32.8 Å². The topological polar surface area (TPSA) is 42.3 Å². The lowest BCUT2D eigenvalue weighted by Gasteiger charge is -2.25. The van der Waals surface area contributed by atoms with Gasteiger partial charge in [0, 0.05) is 51.1 Å². The number of aryl methyl sites for hydroxylation is 1. The Hall–Kier alpha value is -0.910. The molecule has 1 aliphatic heterocycles. The van der Waals surface area contributed by atoms with Crippen LogP contribution in [0.1, 0.15) is 24.1 Å². The maximum absolute atomic E-state index is 5.23. The molecule has 0 saturated carbocycles. The van der Waals surface area contributed by atoms with Gasteiger partial charge in [0.15, 0.2) is 0 Å². The van der Waals surface area contributed by atoms with Crippen LogP contribution in [-0.2, 0) is 18.3 Å². The standard InChI is InChI=1S/C14H26N4O/c1-12-13(9-16-17(12)2)10-18(7-8-19-3)11-14-5-4-6-15-14/h9,14-15H,4-8,10-11H2,1-3H3. The normalized spacial score (nSPS) is 19.5. The summed E-state index contributed by atoms with van der Waals surface area (Å²) < 4.78 is 7.17. The molecular weight excluding hydrogens is 240 g/mol. The fourth-order valence-electron chi connectivity index (χ4n) is 2.62. The number of nitrogens with one attached hydrogen (secondary N) is 1. The van der Waals surface area contributed by atoms with Gasteiger partial charge in [-0.1, -0.05) is 0 Å². The van der Waals surface area contributed by atoms with E-state index in [0.29, 0.717) is 6.04 Å². The molecule has 1 aliphatic rings. The summed E-state index contributed by atoms with van der Waals surface area (Å²) in [7, 11) is 3.76. The number of aromatic nitrogens is 2. The van der Waals surface area contributed by atoms with E-state index in [2.05, 4.69) is 22.2 Å². The van der Waals surface area contributed by atoms with Crippen molar-refractivity contribution < 1.29 is 4.74 Å². The third-order valence-electron chi connectivity index (χ3n) is 3.98. The second-order valence-electron chi connectivity index (χ2n) is 5.40. The van der Waals surface area contributed by atoms with E-state index in [9.17, 15) is 0 Å². The van der Waals surface area contributed by atoms with Crippen LogP contribution in [0.2, 0.25) is 0 Å². The van der Waals surface area contributed by atoms with Gasteiger partial charge in [0.2, 0.25) is 0 Å². The Morgan fingerprint density at radius 1 is 1.58 bits per heavy atom. The summed E-state index contributed by atoms with van der Waals surface area (Å²) >= 11 is 0. The zero-order valence-electron chi connectivity index (χ0n) is 12.4. The highest BCUT2D eigenvalue weighted by Gasteiger charge is 2.19. The summed E-state index contributed by atoms with van der Waals surface area (Å²) in [5, 5.41) is 7.89. The fraction of sp³-hybridized carbons (Fsp3) is 0.786. The lowest BCUT2D eigenvalue weighted by atomic mass is 10.2. The number of hydrogen-bond donors (Lipinski definition) is 1. The Labute approximate surface area is 115 Å². The quantitative estimate of drug-likeness (QED) is 0.797. The maximum atomic E-state index is 5.23. The van der Waals surface area contributed by atoms with Crippen molar-refractivity contribution in [1.82, 2.24) is 20.0 Å². The number of methoxy groups -OCH3 is 1. The highest BCUT2D eigenvalue weighted by atomic mass is 16.5. The molecule has 0 spiro atoms. The first-order chi connectivity index (χ1) is 9.20. The van der Waals surface area contributed by atoms with Crippen molar-refractivity contribution >= 4 is 0 Å².